The number of nitro groups is 1. The second kappa shape index (κ2) is 5.13. The Morgan fingerprint density at radius 2 is 1.78 bits per heavy atom. The van der Waals surface area contributed by atoms with Crippen LogP contribution in [0.5, 0.6) is 0 Å². The van der Waals surface area contributed by atoms with E-state index in [1.807, 2.05) is 6.92 Å². The largest absolute Gasteiger partial charge is 0.370 e. The van der Waals surface area contributed by atoms with E-state index in [9.17, 15) is 10.1 Å². The highest BCUT2D eigenvalue weighted by Gasteiger charge is 2.15. The van der Waals surface area contributed by atoms with Gasteiger partial charge in [0.2, 0.25) is 5.96 Å². The molecule has 8 heteroatoms. The lowest BCUT2D eigenvalue weighted by Crippen LogP contribution is -2.26. The van der Waals surface area contributed by atoms with Crippen molar-refractivity contribution in [2.75, 3.05) is 0 Å². The van der Waals surface area contributed by atoms with E-state index in [0.29, 0.717) is 0 Å². The molecule has 0 amide bonds. The highest BCUT2D eigenvalue weighted by Crippen LogP contribution is 2.30. The van der Waals surface area contributed by atoms with Crippen molar-refractivity contribution >= 4 is 23.3 Å². The smallest absolute Gasteiger partial charge is 0.295 e. The molecule has 1 aromatic rings. The van der Waals surface area contributed by atoms with Crippen molar-refractivity contribution in [1.29, 1.82) is 0 Å². The topological polar surface area (TPSA) is 146 Å². The fraction of sp³-hybridized carbons (Fsp3) is 0.200. The highest BCUT2D eigenvalue weighted by atomic mass is 16.6. The Morgan fingerprint density at radius 3 is 2.28 bits per heavy atom. The number of nitrogens with zero attached hydrogens (tertiary/aromatic N) is 3. The lowest BCUT2D eigenvalue weighted by atomic mass is 10.1. The Labute approximate surface area is 103 Å². The van der Waals surface area contributed by atoms with E-state index < -0.39 is 4.92 Å². The first-order valence-corrected chi connectivity index (χ1v) is 5.00. The first kappa shape index (κ1) is 13.4. The third kappa shape index (κ3) is 3.17. The number of guanidine groups is 2. The summed E-state index contributed by atoms with van der Waals surface area (Å²) in [6.45, 7) is 3.59. The zero-order valence-corrected chi connectivity index (χ0v) is 10.0. The van der Waals surface area contributed by atoms with Crippen LogP contribution in [0.1, 0.15) is 11.1 Å². The highest BCUT2D eigenvalue weighted by molar-refractivity contribution is 5.94. The summed E-state index contributed by atoms with van der Waals surface area (Å²) >= 11 is 0. The van der Waals surface area contributed by atoms with Crippen molar-refractivity contribution in [3.8, 4) is 0 Å². The fourth-order valence-electron chi connectivity index (χ4n) is 1.30. The lowest BCUT2D eigenvalue weighted by Gasteiger charge is -2.03. The predicted molar refractivity (Wildman–Crippen MR) is 69.7 cm³/mol. The minimum atomic E-state index is -0.534. The molecule has 0 heterocycles. The molecule has 0 saturated carbocycles. The number of hydrogen-bond donors (Lipinski definition) is 3. The number of aryl methyl sites for hydroxylation is 2. The summed E-state index contributed by atoms with van der Waals surface area (Å²) in [5, 5.41) is 10.9. The molecule has 96 valence electrons. The van der Waals surface area contributed by atoms with Gasteiger partial charge >= 0.3 is 0 Å². The number of rotatable bonds is 2. The molecule has 1 rings (SSSR count). The molecule has 6 N–H and O–H groups in total. The minimum Gasteiger partial charge on any atom is -0.370 e. The maximum atomic E-state index is 10.9. The first-order chi connectivity index (χ1) is 8.31. The van der Waals surface area contributed by atoms with Crippen LogP contribution in [-0.4, -0.2) is 16.8 Å². The molecule has 0 unspecified atom stereocenters. The van der Waals surface area contributed by atoms with Gasteiger partial charge in [0, 0.05) is 6.07 Å². The summed E-state index contributed by atoms with van der Waals surface area (Å²) in [6.07, 6.45) is 0. The molecule has 0 atom stereocenters. The molecule has 0 aliphatic rings. The van der Waals surface area contributed by atoms with Gasteiger partial charge in [0.1, 0.15) is 5.69 Å². The van der Waals surface area contributed by atoms with Gasteiger partial charge in [0.25, 0.3) is 5.69 Å². The molecule has 1 aromatic carbocycles. The van der Waals surface area contributed by atoms with Gasteiger partial charge in [0.15, 0.2) is 5.96 Å². The molecule has 0 radical (unpaired) electrons. The van der Waals surface area contributed by atoms with Crippen LogP contribution < -0.4 is 17.2 Å². The second-order valence-corrected chi connectivity index (χ2v) is 3.69. The van der Waals surface area contributed by atoms with E-state index in [2.05, 4.69) is 9.98 Å². The maximum Gasteiger partial charge on any atom is 0.295 e. The van der Waals surface area contributed by atoms with Gasteiger partial charge < -0.3 is 17.2 Å². The molecule has 0 bridgehead atoms. The van der Waals surface area contributed by atoms with Gasteiger partial charge in [-0.05, 0) is 31.0 Å². The molecule has 0 fully saturated rings. The number of benzene rings is 1. The molecular formula is C10H14N6O2. The summed E-state index contributed by atoms with van der Waals surface area (Å²) in [7, 11) is 0. The predicted octanol–water partition coefficient (Wildman–Crippen LogP) is 0.431. The van der Waals surface area contributed by atoms with Crippen molar-refractivity contribution in [3.63, 3.8) is 0 Å². The second-order valence-electron chi connectivity index (χ2n) is 3.69. The number of nitrogens with two attached hydrogens (primary N) is 3. The van der Waals surface area contributed by atoms with Crippen molar-refractivity contribution in [1.82, 2.24) is 0 Å². The van der Waals surface area contributed by atoms with Crippen molar-refractivity contribution in [2.24, 2.45) is 27.2 Å². The average Bonchev–Trinajstić information content (AvgIpc) is 2.21. The van der Waals surface area contributed by atoms with Gasteiger partial charge in [-0.2, -0.15) is 4.99 Å². The van der Waals surface area contributed by atoms with Crippen LogP contribution in [0.25, 0.3) is 0 Å². The summed E-state index contributed by atoms with van der Waals surface area (Å²) < 4.78 is 0. The van der Waals surface area contributed by atoms with Crippen LogP contribution in [0, 0.1) is 24.0 Å². The Bertz CT molecular complexity index is 546. The van der Waals surface area contributed by atoms with E-state index in [1.54, 1.807) is 13.0 Å². The normalized spacial score (nSPS) is 11.1. The fourth-order valence-corrected chi connectivity index (χ4v) is 1.30. The maximum absolute atomic E-state index is 10.9. The number of aliphatic imine (C=N–C) groups is 2. The van der Waals surface area contributed by atoms with Crippen LogP contribution >= 0.6 is 0 Å². The monoisotopic (exact) mass is 250 g/mol. The standard InChI is InChI=1S/C10H14N6O2/c1-5-3-7(14-10(13)15-9(11)12)8(16(17)18)4-6(5)2/h3-4H,1-2H3,(H6,11,12,13,14,15). The first-order valence-electron chi connectivity index (χ1n) is 5.00. The van der Waals surface area contributed by atoms with Crippen LogP contribution in [-0.2, 0) is 0 Å². The lowest BCUT2D eigenvalue weighted by molar-refractivity contribution is -0.384. The van der Waals surface area contributed by atoms with Crippen LogP contribution in [0.3, 0.4) is 0 Å². The van der Waals surface area contributed by atoms with Crippen molar-refractivity contribution in [3.05, 3.63) is 33.4 Å². The van der Waals surface area contributed by atoms with E-state index >= 15 is 0 Å². The summed E-state index contributed by atoms with van der Waals surface area (Å²) in [5.41, 5.74) is 17.3. The van der Waals surface area contributed by atoms with Crippen molar-refractivity contribution < 1.29 is 4.92 Å². The van der Waals surface area contributed by atoms with Crippen LogP contribution in [0.4, 0.5) is 11.4 Å². The van der Waals surface area contributed by atoms with Crippen LogP contribution in [0.2, 0.25) is 0 Å². The van der Waals surface area contributed by atoms with E-state index in [1.165, 1.54) is 6.07 Å². The minimum absolute atomic E-state index is 0.116. The Hall–Kier alpha value is -2.64. The molecule has 0 spiro atoms. The number of hydrogen-bond acceptors (Lipinski definition) is 3. The molecule has 0 aliphatic heterocycles. The molecule has 18 heavy (non-hydrogen) atoms. The molecule has 8 nitrogen and oxygen atoms in total. The zero-order valence-electron chi connectivity index (χ0n) is 10.0. The van der Waals surface area contributed by atoms with E-state index in [0.717, 1.165) is 11.1 Å². The average molecular weight is 250 g/mol. The summed E-state index contributed by atoms with van der Waals surface area (Å²) in [4.78, 5) is 17.7. The summed E-state index contributed by atoms with van der Waals surface area (Å²) in [5.74, 6) is -0.496. The van der Waals surface area contributed by atoms with E-state index in [4.69, 9.17) is 17.2 Å². The van der Waals surface area contributed by atoms with Crippen molar-refractivity contribution in [2.45, 2.75) is 13.8 Å². The summed E-state index contributed by atoms with van der Waals surface area (Å²) in [6, 6.07) is 2.99. The third-order valence-corrected chi connectivity index (χ3v) is 2.27. The molecule has 0 saturated heterocycles. The van der Waals surface area contributed by atoms with Gasteiger partial charge in [-0.1, -0.05) is 0 Å². The Kier molecular flexibility index (Phi) is 3.82. The van der Waals surface area contributed by atoms with Crippen LogP contribution in [0.15, 0.2) is 22.1 Å². The van der Waals surface area contributed by atoms with Gasteiger partial charge in [-0.15, -0.1) is 0 Å². The zero-order chi connectivity index (χ0) is 13.9. The number of nitro benzene ring substituents is 1. The Balaban J connectivity index is 3.36. The van der Waals surface area contributed by atoms with Gasteiger partial charge in [-0.25, -0.2) is 4.99 Å². The molecule has 0 aliphatic carbocycles. The van der Waals surface area contributed by atoms with Gasteiger partial charge in [0.05, 0.1) is 4.92 Å². The quantitative estimate of drug-likeness (QED) is 0.301. The molecular weight excluding hydrogens is 236 g/mol. The van der Waals surface area contributed by atoms with Gasteiger partial charge in [-0.3, -0.25) is 10.1 Å². The molecule has 0 aromatic heterocycles. The Morgan fingerprint density at radius 1 is 1.22 bits per heavy atom. The third-order valence-electron chi connectivity index (χ3n) is 2.27. The SMILES string of the molecule is Cc1cc(N=C(N)N=C(N)N)c([N+](=O)[O-])cc1C. The van der Waals surface area contributed by atoms with E-state index in [-0.39, 0.29) is 23.3 Å².